The van der Waals surface area contributed by atoms with Gasteiger partial charge >= 0.3 is 0 Å². The Morgan fingerprint density at radius 2 is 1.35 bits per heavy atom. The van der Waals surface area contributed by atoms with Gasteiger partial charge in [0.05, 0.1) is 0 Å². The summed E-state index contributed by atoms with van der Waals surface area (Å²) in [6.07, 6.45) is 3.19. The molecular weight excluding hydrogens is 287 g/mol. The molecule has 0 unspecified atom stereocenters. The van der Waals surface area contributed by atoms with Crippen molar-refractivity contribution in [2.45, 2.75) is 0 Å². The minimum absolute atomic E-state index is 0.0751. The van der Waals surface area contributed by atoms with Crippen LogP contribution >= 0.6 is 0 Å². The fraction of sp³-hybridized carbons (Fsp3) is 0. The molecule has 1 nitrogen and oxygen atoms in total. The zero-order valence-corrected chi connectivity index (χ0v) is 12.4. The Morgan fingerprint density at radius 1 is 0.739 bits per heavy atom. The Hall–Kier alpha value is -3.00. The summed E-state index contributed by atoms with van der Waals surface area (Å²) in [6, 6.07) is 23.5. The van der Waals surface area contributed by atoms with Gasteiger partial charge in [0.15, 0.2) is 5.78 Å². The fourth-order valence-corrected chi connectivity index (χ4v) is 2.30. The minimum Gasteiger partial charge on any atom is -0.289 e. The smallest absolute Gasteiger partial charge is 0.185 e. The zero-order valence-electron chi connectivity index (χ0n) is 12.4. The molecule has 0 radical (unpaired) electrons. The highest BCUT2D eigenvalue weighted by molar-refractivity contribution is 6.07. The maximum absolute atomic E-state index is 12.8. The summed E-state index contributed by atoms with van der Waals surface area (Å²) < 4.78 is 12.8. The van der Waals surface area contributed by atoms with Crippen LogP contribution in [-0.2, 0) is 0 Å². The Balaban J connectivity index is 1.74. The predicted octanol–water partition coefficient (Wildman–Crippen LogP) is 5.39. The first-order chi connectivity index (χ1) is 11.2. The van der Waals surface area contributed by atoms with E-state index in [9.17, 15) is 9.18 Å². The van der Waals surface area contributed by atoms with Crippen LogP contribution in [-0.4, -0.2) is 5.78 Å². The maximum Gasteiger partial charge on any atom is 0.185 e. The van der Waals surface area contributed by atoms with E-state index < -0.39 is 0 Å². The molecule has 0 aliphatic rings. The van der Waals surface area contributed by atoms with Crippen molar-refractivity contribution < 1.29 is 9.18 Å². The van der Waals surface area contributed by atoms with E-state index in [2.05, 4.69) is 0 Å². The molecule has 2 heteroatoms. The van der Waals surface area contributed by atoms with E-state index >= 15 is 0 Å². The second-order valence-electron chi connectivity index (χ2n) is 5.19. The lowest BCUT2D eigenvalue weighted by molar-refractivity contribution is 0.104. The van der Waals surface area contributed by atoms with Crippen molar-refractivity contribution in [1.29, 1.82) is 0 Å². The summed E-state index contributed by atoms with van der Waals surface area (Å²) in [5.74, 6) is -0.362. The molecule has 3 rings (SSSR count). The van der Waals surface area contributed by atoms with Gasteiger partial charge in [-0.1, -0.05) is 72.8 Å². The van der Waals surface area contributed by atoms with Crippen LogP contribution in [0.3, 0.4) is 0 Å². The molecule has 0 saturated heterocycles. The molecule has 23 heavy (non-hydrogen) atoms. The van der Waals surface area contributed by atoms with E-state index in [4.69, 9.17) is 0 Å². The van der Waals surface area contributed by atoms with Crippen molar-refractivity contribution in [3.05, 3.63) is 102 Å². The van der Waals surface area contributed by atoms with E-state index in [1.165, 1.54) is 18.2 Å². The molecule has 0 aliphatic carbocycles. The van der Waals surface area contributed by atoms with Crippen molar-refractivity contribution in [2.24, 2.45) is 0 Å². The molecule has 3 aromatic rings. The molecule has 0 N–H and O–H groups in total. The average Bonchev–Trinajstić information content (AvgIpc) is 2.62. The van der Waals surface area contributed by atoms with E-state index in [1.807, 2.05) is 54.6 Å². The lowest BCUT2D eigenvalue weighted by atomic mass is 10.0. The van der Waals surface area contributed by atoms with Crippen LogP contribution < -0.4 is 0 Å². The molecule has 0 atom stereocenters. The lowest BCUT2D eigenvalue weighted by Gasteiger charge is -2.02. The molecule has 0 spiro atoms. The SMILES string of the molecule is O=C(C=Cc1ccc(F)cc1)c1ccc(-c2ccccc2)cc1. The molecular formula is C21H15FO. The topological polar surface area (TPSA) is 17.1 Å². The van der Waals surface area contributed by atoms with Crippen LogP contribution in [0.5, 0.6) is 0 Å². The maximum atomic E-state index is 12.8. The second-order valence-corrected chi connectivity index (χ2v) is 5.19. The Kier molecular flexibility index (Phi) is 4.44. The van der Waals surface area contributed by atoms with E-state index in [-0.39, 0.29) is 11.6 Å². The Bertz CT molecular complexity index is 816. The van der Waals surface area contributed by atoms with E-state index in [1.54, 1.807) is 18.2 Å². The second kappa shape index (κ2) is 6.84. The molecule has 0 aliphatic heterocycles. The van der Waals surface area contributed by atoms with Crippen molar-refractivity contribution in [2.75, 3.05) is 0 Å². The molecule has 0 amide bonds. The van der Waals surface area contributed by atoms with Gasteiger partial charge in [0.1, 0.15) is 5.82 Å². The first kappa shape index (κ1) is 14.9. The number of carbonyl (C=O) groups excluding carboxylic acids is 1. The quantitative estimate of drug-likeness (QED) is 0.466. The molecule has 0 fully saturated rings. The van der Waals surface area contributed by atoms with E-state index in [0.29, 0.717) is 5.56 Å². The van der Waals surface area contributed by atoms with Crippen LogP contribution in [0.4, 0.5) is 4.39 Å². The minimum atomic E-state index is -0.287. The lowest BCUT2D eigenvalue weighted by Crippen LogP contribution is -1.93. The molecule has 0 bridgehead atoms. The highest BCUT2D eigenvalue weighted by Crippen LogP contribution is 2.19. The summed E-state index contributed by atoms with van der Waals surface area (Å²) in [5, 5.41) is 0. The van der Waals surface area contributed by atoms with Crippen molar-refractivity contribution in [1.82, 2.24) is 0 Å². The van der Waals surface area contributed by atoms with Crippen molar-refractivity contribution in [3.8, 4) is 11.1 Å². The summed E-state index contributed by atoms with van der Waals surface area (Å²) >= 11 is 0. The van der Waals surface area contributed by atoms with Crippen LogP contribution in [0.2, 0.25) is 0 Å². The van der Waals surface area contributed by atoms with Crippen LogP contribution in [0, 0.1) is 5.82 Å². The van der Waals surface area contributed by atoms with Crippen LogP contribution in [0.15, 0.2) is 84.9 Å². The third-order valence-corrected chi connectivity index (χ3v) is 3.57. The van der Waals surface area contributed by atoms with Gasteiger partial charge < -0.3 is 0 Å². The number of rotatable bonds is 4. The van der Waals surface area contributed by atoms with Gasteiger partial charge in [-0.25, -0.2) is 4.39 Å². The summed E-state index contributed by atoms with van der Waals surface area (Å²) in [4.78, 5) is 12.2. The highest BCUT2D eigenvalue weighted by Gasteiger charge is 2.03. The van der Waals surface area contributed by atoms with Gasteiger partial charge in [-0.15, -0.1) is 0 Å². The number of benzene rings is 3. The third kappa shape index (κ3) is 3.80. The van der Waals surface area contributed by atoms with Crippen LogP contribution in [0.1, 0.15) is 15.9 Å². The summed E-state index contributed by atoms with van der Waals surface area (Å²) in [6.45, 7) is 0. The Labute approximate surface area is 134 Å². The standard InChI is InChI=1S/C21H15FO/c22-20-13-6-16(7-14-20)8-15-21(23)19-11-9-18(10-12-19)17-4-2-1-3-5-17/h1-15H. The van der Waals surface area contributed by atoms with Crippen LogP contribution in [0.25, 0.3) is 17.2 Å². The Morgan fingerprint density at radius 3 is 2.00 bits per heavy atom. The van der Waals surface area contributed by atoms with Gasteiger partial charge in [0.2, 0.25) is 0 Å². The number of hydrogen-bond acceptors (Lipinski definition) is 1. The normalized spacial score (nSPS) is 10.8. The average molecular weight is 302 g/mol. The van der Waals surface area contributed by atoms with Gasteiger partial charge in [-0.2, -0.15) is 0 Å². The third-order valence-electron chi connectivity index (χ3n) is 3.57. The summed E-state index contributed by atoms with van der Waals surface area (Å²) in [7, 11) is 0. The predicted molar refractivity (Wildman–Crippen MR) is 91.6 cm³/mol. The monoisotopic (exact) mass is 302 g/mol. The highest BCUT2D eigenvalue weighted by atomic mass is 19.1. The van der Waals surface area contributed by atoms with Crippen molar-refractivity contribution >= 4 is 11.9 Å². The molecule has 112 valence electrons. The van der Waals surface area contributed by atoms with Gasteiger partial charge in [-0.3, -0.25) is 4.79 Å². The first-order valence-electron chi connectivity index (χ1n) is 7.36. The van der Waals surface area contributed by atoms with Gasteiger partial charge in [0, 0.05) is 5.56 Å². The molecule has 0 heterocycles. The number of allylic oxidation sites excluding steroid dienone is 1. The molecule has 3 aromatic carbocycles. The van der Waals surface area contributed by atoms with Crippen molar-refractivity contribution in [3.63, 3.8) is 0 Å². The van der Waals surface area contributed by atoms with Gasteiger partial charge in [-0.05, 0) is 34.9 Å². The number of ketones is 1. The van der Waals surface area contributed by atoms with Gasteiger partial charge in [0.25, 0.3) is 0 Å². The van der Waals surface area contributed by atoms with E-state index in [0.717, 1.165) is 16.7 Å². The largest absolute Gasteiger partial charge is 0.289 e. The number of hydrogen-bond donors (Lipinski definition) is 0. The summed E-state index contributed by atoms with van der Waals surface area (Å²) in [5.41, 5.74) is 3.61. The number of carbonyl (C=O) groups is 1. The molecule has 0 saturated carbocycles. The number of halogens is 1. The fourth-order valence-electron chi connectivity index (χ4n) is 2.30. The zero-order chi connectivity index (χ0) is 16.1. The molecule has 0 aromatic heterocycles. The first-order valence-corrected chi connectivity index (χ1v) is 7.36.